The largest absolute Gasteiger partial charge is 0.355 e. The first kappa shape index (κ1) is 17.1. The van der Waals surface area contributed by atoms with Crippen molar-refractivity contribution in [1.82, 2.24) is 10.6 Å². The third kappa shape index (κ3) is 6.16. The van der Waals surface area contributed by atoms with E-state index in [-0.39, 0.29) is 11.8 Å². The van der Waals surface area contributed by atoms with E-state index >= 15 is 0 Å². The Balaban J connectivity index is 1.79. The molecule has 0 saturated carbocycles. The maximum absolute atomic E-state index is 12.0. The number of hydrogen-bond donors (Lipinski definition) is 2. The number of thioether (sulfide) groups is 1. The van der Waals surface area contributed by atoms with Crippen molar-refractivity contribution in [1.29, 1.82) is 0 Å². The number of rotatable bonds is 7. The zero-order valence-corrected chi connectivity index (χ0v) is 13.9. The molecule has 0 heterocycles. The Hall–Kier alpha value is -2.27. The molecule has 2 N–H and O–H groups in total. The lowest BCUT2D eigenvalue weighted by Gasteiger charge is -2.07. The van der Waals surface area contributed by atoms with Gasteiger partial charge in [-0.2, -0.15) is 0 Å². The molecule has 0 atom stereocenters. The molecule has 0 unspecified atom stereocenters. The quantitative estimate of drug-likeness (QED) is 0.607. The van der Waals surface area contributed by atoms with Crippen molar-refractivity contribution in [3.8, 4) is 0 Å². The van der Waals surface area contributed by atoms with Crippen molar-refractivity contribution in [2.75, 3.05) is 13.1 Å². The Morgan fingerprint density at radius 2 is 1.57 bits per heavy atom. The summed E-state index contributed by atoms with van der Waals surface area (Å²) in [6, 6.07) is 17.8. The van der Waals surface area contributed by atoms with Crippen molar-refractivity contribution in [3.63, 3.8) is 0 Å². The van der Waals surface area contributed by atoms with E-state index in [4.69, 9.17) is 0 Å². The van der Waals surface area contributed by atoms with Crippen LogP contribution >= 0.6 is 11.8 Å². The highest BCUT2D eigenvalue weighted by atomic mass is 32.2. The highest BCUT2D eigenvalue weighted by Crippen LogP contribution is 2.22. The molecule has 0 aliphatic carbocycles. The molecular weight excluding hydrogens is 308 g/mol. The minimum atomic E-state index is -0.127. The first-order valence-corrected chi connectivity index (χ1v) is 8.43. The Kier molecular flexibility index (Phi) is 6.69. The molecule has 0 aliphatic rings. The first-order chi connectivity index (χ1) is 11.1. The third-order valence-corrected chi connectivity index (χ3v) is 4.23. The smallest absolute Gasteiger partial charge is 0.251 e. The van der Waals surface area contributed by atoms with Gasteiger partial charge in [0.25, 0.3) is 5.91 Å². The van der Waals surface area contributed by atoms with Gasteiger partial charge in [0, 0.05) is 36.2 Å². The second-order valence-corrected chi connectivity index (χ2v) is 6.09. The molecule has 0 fully saturated rings. The lowest BCUT2D eigenvalue weighted by molar-refractivity contribution is -0.118. The molecule has 4 nitrogen and oxygen atoms in total. The van der Waals surface area contributed by atoms with Gasteiger partial charge in [0.05, 0.1) is 0 Å². The van der Waals surface area contributed by atoms with E-state index in [0.29, 0.717) is 18.7 Å². The van der Waals surface area contributed by atoms with Crippen LogP contribution in [0.4, 0.5) is 0 Å². The molecule has 0 saturated heterocycles. The second-order valence-electron chi connectivity index (χ2n) is 5.04. The highest BCUT2D eigenvalue weighted by Gasteiger charge is 2.05. The molecule has 0 radical (unpaired) electrons. The molecule has 0 spiro atoms. The summed E-state index contributed by atoms with van der Waals surface area (Å²) in [6.07, 6.45) is 0. The van der Waals surface area contributed by atoms with Crippen LogP contribution in [-0.4, -0.2) is 24.9 Å². The van der Waals surface area contributed by atoms with Crippen molar-refractivity contribution >= 4 is 23.6 Å². The van der Waals surface area contributed by atoms with E-state index < -0.39 is 0 Å². The van der Waals surface area contributed by atoms with Crippen molar-refractivity contribution in [3.05, 3.63) is 65.7 Å². The summed E-state index contributed by atoms with van der Waals surface area (Å²) in [6.45, 7) is 2.31. The van der Waals surface area contributed by atoms with Gasteiger partial charge in [-0.05, 0) is 29.8 Å². The van der Waals surface area contributed by atoms with Crippen LogP contribution in [0.1, 0.15) is 22.8 Å². The van der Waals surface area contributed by atoms with E-state index in [9.17, 15) is 9.59 Å². The zero-order chi connectivity index (χ0) is 16.5. The summed E-state index contributed by atoms with van der Waals surface area (Å²) >= 11 is 1.77. The third-order valence-electron chi connectivity index (χ3n) is 3.15. The minimum absolute atomic E-state index is 0.0977. The normalized spacial score (nSPS) is 10.1. The molecule has 0 aliphatic heterocycles. The first-order valence-electron chi connectivity index (χ1n) is 7.44. The fourth-order valence-corrected chi connectivity index (χ4v) is 2.83. The topological polar surface area (TPSA) is 58.2 Å². The Morgan fingerprint density at radius 3 is 2.22 bits per heavy atom. The number of amides is 2. The van der Waals surface area contributed by atoms with Crippen LogP contribution in [0.2, 0.25) is 0 Å². The van der Waals surface area contributed by atoms with Gasteiger partial charge < -0.3 is 10.6 Å². The van der Waals surface area contributed by atoms with Crippen LogP contribution in [-0.2, 0) is 10.5 Å². The highest BCUT2D eigenvalue weighted by molar-refractivity contribution is 7.98. The van der Waals surface area contributed by atoms with E-state index in [1.54, 1.807) is 11.8 Å². The average molecular weight is 328 g/mol. The molecule has 2 aromatic rings. The summed E-state index contributed by atoms with van der Waals surface area (Å²) in [7, 11) is 0. The van der Waals surface area contributed by atoms with Crippen molar-refractivity contribution in [2.24, 2.45) is 0 Å². The van der Waals surface area contributed by atoms with Gasteiger partial charge in [-0.1, -0.05) is 30.3 Å². The number of benzene rings is 2. The Morgan fingerprint density at radius 1 is 0.913 bits per heavy atom. The molecule has 2 amide bonds. The standard InChI is InChI=1S/C18H20N2O2S/c1-14(21)19-11-12-20-18(22)16-9-7-15(8-10-16)13-23-17-5-3-2-4-6-17/h2-10H,11-13H2,1H3,(H,19,21)(H,20,22). The summed E-state index contributed by atoms with van der Waals surface area (Å²) in [5.74, 6) is 0.645. The molecular formula is C18H20N2O2S. The van der Waals surface area contributed by atoms with Crippen LogP contribution in [0.5, 0.6) is 0 Å². The van der Waals surface area contributed by atoms with E-state index in [1.165, 1.54) is 17.4 Å². The molecule has 2 aromatic carbocycles. The predicted molar refractivity (Wildman–Crippen MR) is 93.5 cm³/mol. The number of carbonyl (C=O) groups excluding carboxylic acids is 2. The van der Waals surface area contributed by atoms with Crippen LogP contribution in [0.3, 0.4) is 0 Å². The summed E-state index contributed by atoms with van der Waals surface area (Å²) in [5.41, 5.74) is 1.80. The molecule has 0 aromatic heterocycles. The second kappa shape index (κ2) is 9.00. The molecule has 5 heteroatoms. The fourth-order valence-electron chi connectivity index (χ4n) is 1.95. The van der Waals surface area contributed by atoms with Gasteiger partial charge in [-0.3, -0.25) is 9.59 Å². The summed E-state index contributed by atoms with van der Waals surface area (Å²) < 4.78 is 0. The Labute approximate surface area is 140 Å². The van der Waals surface area contributed by atoms with E-state index in [2.05, 4.69) is 22.8 Å². The summed E-state index contributed by atoms with van der Waals surface area (Å²) in [4.78, 5) is 23.9. The number of carbonyl (C=O) groups is 2. The van der Waals surface area contributed by atoms with Crippen LogP contribution in [0.25, 0.3) is 0 Å². The molecule has 0 bridgehead atoms. The lowest BCUT2D eigenvalue weighted by atomic mass is 10.1. The van der Waals surface area contributed by atoms with Gasteiger partial charge in [0.2, 0.25) is 5.91 Å². The maximum Gasteiger partial charge on any atom is 0.251 e. The average Bonchev–Trinajstić information content (AvgIpc) is 2.58. The van der Waals surface area contributed by atoms with Gasteiger partial charge in [-0.25, -0.2) is 0 Å². The zero-order valence-electron chi connectivity index (χ0n) is 13.0. The number of hydrogen-bond acceptors (Lipinski definition) is 3. The van der Waals surface area contributed by atoms with Crippen molar-refractivity contribution < 1.29 is 9.59 Å². The van der Waals surface area contributed by atoms with Gasteiger partial charge in [-0.15, -0.1) is 11.8 Å². The molecule has 2 rings (SSSR count). The molecule has 120 valence electrons. The van der Waals surface area contributed by atoms with E-state index in [0.717, 1.165) is 5.75 Å². The fraction of sp³-hybridized carbons (Fsp3) is 0.222. The minimum Gasteiger partial charge on any atom is -0.355 e. The van der Waals surface area contributed by atoms with E-state index in [1.807, 2.05) is 42.5 Å². The van der Waals surface area contributed by atoms with Gasteiger partial charge in [0.15, 0.2) is 0 Å². The lowest BCUT2D eigenvalue weighted by Crippen LogP contribution is -2.33. The number of nitrogens with one attached hydrogen (secondary N) is 2. The van der Waals surface area contributed by atoms with Crippen LogP contribution in [0.15, 0.2) is 59.5 Å². The Bertz CT molecular complexity index is 642. The summed E-state index contributed by atoms with van der Waals surface area (Å²) in [5, 5.41) is 5.41. The maximum atomic E-state index is 12.0. The van der Waals surface area contributed by atoms with Crippen LogP contribution in [0, 0.1) is 0 Å². The monoisotopic (exact) mass is 328 g/mol. The predicted octanol–water partition coefficient (Wildman–Crippen LogP) is 2.84. The van der Waals surface area contributed by atoms with Gasteiger partial charge >= 0.3 is 0 Å². The molecule has 23 heavy (non-hydrogen) atoms. The van der Waals surface area contributed by atoms with Crippen LogP contribution < -0.4 is 10.6 Å². The van der Waals surface area contributed by atoms with Crippen molar-refractivity contribution in [2.45, 2.75) is 17.6 Å². The van der Waals surface area contributed by atoms with Gasteiger partial charge in [0.1, 0.15) is 0 Å². The SMILES string of the molecule is CC(=O)NCCNC(=O)c1ccc(CSc2ccccc2)cc1.